The SMILES string of the molecule is Clc1cc(Br)c(Cl)s1.O=S(=O)(Cl)Cl. The standard InChI is InChI=1S/C4HBrCl2S.Cl2O2S/c5-2-1-3(6)8-4(2)7;1-5(2,3)4/h1H;. The van der Waals surface area contributed by atoms with Crippen LogP contribution in [0.3, 0.4) is 0 Å². The molecule has 0 fully saturated rings. The Balaban J connectivity index is 0.000000252. The van der Waals surface area contributed by atoms with Gasteiger partial charge in [-0.1, -0.05) is 23.2 Å². The molecule has 1 aromatic heterocycles. The molecule has 0 aliphatic heterocycles. The van der Waals surface area contributed by atoms with Crippen LogP contribution in [0.4, 0.5) is 0 Å². The maximum atomic E-state index is 9.16. The maximum absolute atomic E-state index is 9.16. The Hall–Kier alpha value is 1.29. The summed E-state index contributed by atoms with van der Waals surface area (Å²) < 4.78 is 20.6. The fraction of sp³-hybridized carbons (Fsp3) is 0. The van der Waals surface area contributed by atoms with E-state index in [2.05, 4.69) is 37.3 Å². The summed E-state index contributed by atoms with van der Waals surface area (Å²) in [4.78, 5) is 0. The van der Waals surface area contributed by atoms with Gasteiger partial charge in [-0.2, -0.15) is 8.42 Å². The second-order valence-electron chi connectivity index (χ2n) is 1.55. The highest BCUT2D eigenvalue weighted by molar-refractivity contribution is 9.10. The lowest BCUT2D eigenvalue weighted by Crippen LogP contribution is -1.63. The number of thiophene rings is 1. The first-order chi connectivity index (χ1) is 5.70. The smallest absolute Gasteiger partial charge is 0.195 e. The van der Waals surface area contributed by atoms with Gasteiger partial charge in [0.05, 0.1) is 4.34 Å². The molecule has 2 nitrogen and oxygen atoms in total. The van der Waals surface area contributed by atoms with Crippen LogP contribution in [0, 0.1) is 0 Å². The molecule has 0 N–H and O–H groups in total. The van der Waals surface area contributed by atoms with E-state index in [9.17, 15) is 0 Å². The number of hydrogen-bond donors (Lipinski definition) is 0. The van der Waals surface area contributed by atoms with Gasteiger partial charge in [0, 0.05) is 25.8 Å². The summed E-state index contributed by atoms with van der Waals surface area (Å²) in [7, 11) is 4.81. The fourth-order valence-electron chi connectivity index (χ4n) is 0.320. The second kappa shape index (κ2) is 6.00. The Morgan fingerprint density at radius 1 is 1.31 bits per heavy atom. The minimum absolute atomic E-state index is 0.704. The Morgan fingerprint density at radius 3 is 1.77 bits per heavy atom. The first-order valence-electron chi connectivity index (χ1n) is 2.44. The summed E-state index contributed by atoms with van der Waals surface area (Å²) >= 11 is 15.7. The van der Waals surface area contributed by atoms with Crippen molar-refractivity contribution in [3.63, 3.8) is 0 Å². The van der Waals surface area contributed by atoms with Gasteiger partial charge in [-0.15, -0.1) is 11.3 Å². The molecule has 0 saturated heterocycles. The zero-order chi connectivity index (χ0) is 10.6. The lowest BCUT2D eigenvalue weighted by Gasteiger charge is -1.73. The highest BCUT2D eigenvalue weighted by Crippen LogP contribution is 2.34. The predicted octanol–water partition coefficient (Wildman–Crippen LogP) is 4.53. The average molecular weight is 367 g/mol. The molecule has 1 aromatic rings. The molecule has 0 spiro atoms. The molecule has 0 atom stereocenters. The van der Waals surface area contributed by atoms with Crippen LogP contribution < -0.4 is 0 Å². The van der Waals surface area contributed by atoms with Crippen molar-refractivity contribution in [1.82, 2.24) is 0 Å². The van der Waals surface area contributed by atoms with Crippen LogP contribution in [-0.4, -0.2) is 8.42 Å². The van der Waals surface area contributed by atoms with E-state index in [1.165, 1.54) is 11.3 Å². The Morgan fingerprint density at radius 2 is 1.69 bits per heavy atom. The first-order valence-corrected chi connectivity index (χ1v) is 7.95. The van der Waals surface area contributed by atoms with Gasteiger partial charge < -0.3 is 0 Å². The molecule has 0 aliphatic rings. The topological polar surface area (TPSA) is 34.1 Å². The zero-order valence-electron chi connectivity index (χ0n) is 5.60. The molecular formula is C4HBrCl4O2S2. The molecule has 9 heteroatoms. The van der Waals surface area contributed by atoms with E-state index in [1.807, 2.05) is 0 Å². The van der Waals surface area contributed by atoms with E-state index in [1.54, 1.807) is 6.07 Å². The van der Waals surface area contributed by atoms with Gasteiger partial charge in [-0.05, 0) is 22.0 Å². The Kier molecular flexibility index (Phi) is 6.60. The molecule has 0 saturated carbocycles. The molecule has 13 heavy (non-hydrogen) atoms. The minimum atomic E-state index is -3.72. The highest BCUT2D eigenvalue weighted by Gasteiger charge is 1.99. The van der Waals surface area contributed by atoms with Gasteiger partial charge in [0.15, 0.2) is 0 Å². The van der Waals surface area contributed by atoms with Crippen LogP contribution in [0.2, 0.25) is 8.67 Å². The molecule has 0 bridgehead atoms. The number of hydrogen-bond acceptors (Lipinski definition) is 3. The first kappa shape index (κ1) is 14.3. The summed E-state index contributed by atoms with van der Waals surface area (Å²) in [6.07, 6.45) is 0. The van der Waals surface area contributed by atoms with Crippen molar-refractivity contribution in [1.29, 1.82) is 0 Å². The third kappa shape index (κ3) is 9.59. The Labute approximate surface area is 107 Å². The number of halogens is 5. The van der Waals surface area contributed by atoms with Crippen LogP contribution >= 0.6 is 71.8 Å². The lowest BCUT2D eigenvalue weighted by atomic mass is 10.7. The van der Waals surface area contributed by atoms with E-state index < -0.39 is 8.26 Å². The monoisotopic (exact) mass is 364 g/mol. The molecule has 0 amide bonds. The lowest BCUT2D eigenvalue weighted by molar-refractivity contribution is 0.621. The quantitative estimate of drug-likeness (QED) is 0.632. The average Bonchev–Trinajstić information content (AvgIpc) is 2.05. The van der Waals surface area contributed by atoms with E-state index in [4.69, 9.17) is 31.6 Å². The van der Waals surface area contributed by atoms with Crippen molar-refractivity contribution in [2.24, 2.45) is 0 Å². The summed E-state index contributed by atoms with van der Waals surface area (Å²) in [5.41, 5.74) is 0. The van der Waals surface area contributed by atoms with Crippen molar-refractivity contribution in [3.05, 3.63) is 19.2 Å². The molecular weight excluding hydrogens is 366 g/mol. The van der Waals surface area contributed by atoms with Gasteiger partial charge in [-0.3, -0.25) is 0 Å². The predicted molar refractivity (Wildman–Crippen MR) is 62.7 cm³/mol. The molecule has 1 heterocycles. The molecule has 0 aliphatic carbocycles. The summed E-state index contributed by atoms with van der Waals surface area (Å²) in [5.74, 6) is 0. The van der Waals surface area contributed by atoms with E-state index >= 15 is 0 Å². The van der Waals surface area contributed by atoms with E-state index in [0.29, 0.717) is 8.67 Å². The van der Waals surface area contributed by atoms with Crippen molar-refractivity contribution >= 4 is 80.1 Å². The molecule has 0 aromatic carbocycles. The van der Waals surface area contributed by atoms with Gasteiger partial charge in [0.2, 0.25) is 0 Å². The summed E-state index contributed by atoms with van der Waals surface area (Å²) in [5, 5.41) is 0. The normalized spacial score (nSPS) is 10.5. The highest BCUT2D eigenvalue weighted by atomic mass is 79.9. The van der Waals surface area contributed by atoms with Crippen molar-refractivity contribution < 1.29 is 8.42 Å². The largest absolute Gasteiger partial charge is 0.317 e. The molecule has 76 valence electrons. The van der Waals surface area contributed by atoms with Crippen molar-refractivity contribution in [2.75, 3.05) is 0 Å². The summed E-state index contributed by atoms with van der Waals surface area (Å²) in [6.45, 7) is 0. The van der Waals surface area contributed by atoms with Crippen LogP contribution in [0.25, 0.3) is 0 Å². The van der Waals surface area contributed by atoms with Crippen LogP contribution in [0.5, 0.6) is 0 Å². The van der Waals surface area contributed by atoms with Crippen LogP contribution in [0.1, 0.15) is 0 Å². The van der Waals surface area contributed by atoms with E-state index in [0.717, 1.165) is 4.47 Å². The van der Waals surface area contributed by atoms with Gasteiger partial charge in [-0.25, -0.2) is 0 Å². The fourth-order valence-corrected chi connectivity index (χ4v) is 2.34. The third-order valence-corrected chi connectivity index (χ3v) is 3.22. The maximum Gasteiger partial charge on any atom is 0.317 e. The van der Waals surface area contributed by atoms with Crippen molar-refractivity contribution in [3.8, 4) is 0 Å². The molecule has 1 rings (SSSR count). The third-order valence-electron chi connectivity index (χ3n) is 0.615. The van der Waals surface area contributed by atoms with E-state index in [-0.39, 0.29) is 0 Å². The molecule has 0 radical (unpaired) electrons. The van der Waals surface area contributed by atoms with Crippen LogP contribution in [0.15, 0.2) is 10.5 Å². The Bertz CT molecular complexity index is 346. The van der Waals surface area contributed by atoms with Gasteiger partial charge >= 0.3 is 8.26 Å². The zero-order valence-corrected chi connectivity index (χ0v) is 11.8. The summed E-state index contributed by atoms with van der Waals surface area (Å²) in [6, 6.07) is 1.77. The van der Waals surface area contributed by atoms with Crippen LogP contribution in [-0.2, 0) is 8.26 Å². The van der Waals surface area contributed by atoms with Gasteiger partial charge in [0.25, 0.3) is 0 Å². The minimum Gasteiger partial charge on any atom is -0.195 e. The van der Waals surface area contributed by atoms with Crippen molar-refractivity contribution in [2.45, 2.75) is 0 Å². The second-order valence-corrected chi connectivity index (χ2v) is 8.36. The molecule has 0 unspecified atom stereocenters. The number of rotatable bonds is 0. The van der Waals surface area contributed by atoms with Gasteiger partial charge in [0.1, 0.15) is 4.34 Å².